The fourth-order valence-electron chi connectivity index (χ4n) is 3.80. The highest BCUT2D eigenvalue weighted by Crippen LogP contribution is 2.32. The molecule has 0 unspecified atom stereocenters. The van der Waals surface area contributed by atoms with Crippen LogP contribution in [0.3, 0.4) is 0 Å². The number of amides is 1. The van der Waals surface area contributed by atoms with Gasteiger partial charge in [-0.1, -0.05) is 29.8 Å². The highest BCUT2D eigenvalue weighted by molar-refractivity contribution is 7.91. The SMILES string of the molecule is CCn1c(=O)n(CC)c2cc(S(=O)(=O)c3ccccc3)c(NC(=O)c3ccc(Cl)cc3)cc21. The summed E-state index contributed by atoms with van der Waals surface area (Å²) in [7, 11) is -3.99. The van der Waals surface area contributed by atoms with Crippen LogP contribution in [0.15, 0.2) is 81.3 Å². The van der Waals surface area contributed by atoms with E-state index in [4.69, 9.17) is 11.6 Å². The summed E-state index contributed by atoms with van der Waals surface area (Å²) in [6.45, 7) is 4.44. The van der Waals surface area contributed by atoms with Gasteiger partial charge in [0.1, 0.15) is 0 Å². The van der Waals surface area contributed by atoms with Crippen LogP contribution in [0, 0.1) is 0 Å². The second kappa shape index (κ2) is 8.88. The number of benzene rings is 3. The highest BCUT2D eigenvalue weighted by Gasteiger charge is 2.26. The van der Waals surface area contributed by atoms with Gasteiger partial charge in [0.15, 0.2) is 0 Å². The number of aromatic nitrogens is 2. The van der Waals surface area contributed by atoms with E-state index in [9.17, 15) is 18.0 Å². The normalized spacial score (nSPS) is 11.6. The number of carbonyl (C=O) groups excluding carboxylic acids is 1. The molecule has 0 aliphatic heterocycles. The largest absolute Gasteiger partial charge is 0.329 e. The maximum Gasteiger partial charge on any atom is 0.329 e. The monoisotopic (exact) mass is 483 g/mol. The molecule has 0 saturated heterocycles. The van der Waals surface area contributed by atoms with Crippen molar-refractivity contribution in [1.82, 2.24) is 9.13 Å². The molecule has 0 spiro atoms. The summed E-state index contributed by atoms with van der Waals surface area (Å²) < 4.78 is 30.2. The second-order valence-electron chi connectivity index (χ2n) is 7.39. The quantitative estimate of drug-likeness (QED) is 0.434. The van der Waals surface area contributed by atoms with E-state index in [0.29, 0.717) is 34.7 Å². The van der Waals surface area contributed by atoms with Gasteiger partial charge in [0.2, 0.25) is 9.84 Å². The summed E-state index contributed by atoms with van der Waals surface area (Å²) in [4.78, 5) is 25.8. The van der Waals surface area contributed by atoms with Gasteiger partial charge in [-0.2, -0.15) is 0 Å². The zero-order valence-electron chi connectivity index (χ0n) is 18.1. The Morgan fingerprint density at radius 2 is 1.48 bits per heavy atom. The molecule has 33 heavy (non-hydrogen) atoms. The zero-order chi connectivity index (χ0) is 23.8. The number of aryl methyl sites for hydroxylation is 2. The number of rotatable bonds is 6. The van der Waals surface area contributed by atoms with E-state index >= 15 is 0 Å². The molecule has 0 fully saturated rings. The summed E-state index contributed by atoms with van der Waals surface area (Å²) in [5.41, 5.74) is 1.22. The molecule has 7 nitrogen and oxygen atoms in total. The third-order valence-corrected chi connectivity index (χ3v) is 7.51. The first kappa shape index (κ1) is 22.8. The first-order valence-electron chi connectivity index (χ1n) is 10.4. The maximum atomic E-state index is 13.6. The van der Waals surface area contributed by atoms with Gasteiger partial charge in [-0.15, -0.1) is 0 Å². The van der Waals surface area contributed by atoms with Crippen molar-refractivity contribution in [2.24, 2.45) is 0 Å². The number of hydrogen-bond acceptors (Lipinski definition) is 4. The molecule has 4 aromatic rings. The Bertz CT molecular complexity index is 1510. The smallest absolute Gasteiger partial charge is 0.321 e. The number of imidazole rings is 1. The molecule has 3 aromatic carbocycles. The minimum atomic E-state index is -3.99. The van der Waals surface area contributed by atoms with Crippen LogP contribution in [0.25, 0.3) is 11.0 Å². The number of anilines is 1. The average Bonchev–Trinajstić information content (AvgIpc) is 3.08. The lowest BCUT2D eigenvalue weighted by Gasteiger charge is -2.14. The Morgan fingerprint density at radius 1 is 0.909 bits per heavy atom. The summed E-state index contributed by atoms with van der Waals surface area (Å²) in [5, 5.41) is 3.21. The minimum Gasteiger partial charge on any atom is -0.321 e. The predicted octanol–water partition coefficient (Wildman–Crippen LogP) is 4.58. The Balaban J connectivity index is 1.96. The van der Waals surface area contributed by atoms with E-state index in [2.05, 4.69) is 5.32 Å². The van der Waals surface area contributed by atoms with E-state index in [1.54, 1.807) is 53.1 Å². The Morgan fingerprint density at radius 3 is 2.06 bits per heavy atom. The van der Waals surface area contributed by atoms with Gasteiger partial charge in [-0.25, -0.2) is 13.2 Å². The zero-order valence-corrected chi connectivity index (χ0v) is 19.7. The van der Waals surface area contributed by atoms with Gasteiger partial charge in [0, 0.05) is 23.7 Å². The van der Waals surface area contributed by atoms with Crippen molar-refractivity contribution in [2.75, 3.05) is 5.32 Å². The minimum absolute atomic E-state index is 0.0843. The number of nitrogens with zero attached hydrogens (tertiary/aromatic N) is 2. The molecule has 9 heteroatoms. The van der Waals surface area contributed by atoms with Gasteiger partial charge in [0.05, 0.1) is 26.5 Å². The Labute approximate surface area is 196 Å². The average molecular weight is 484 g/mol. The van der Waals surface area contributed by atoms with Crippen LogP contribution in [-0.2, 0) is 22.9 Å². The first-order chi connectivity index (χ1) is 15.8. The molecule has 4 rings (SSSR count). The molecular weight excluding hydrogens is 462 g/mol. The topological polar surface area (TPSA) is 90.2 Å². The van der Waals surface area contributed by atoms with Crippen LogP contribution in [-0.4, -0.2) is 23.5 Å². The predicted molar refractivity (Wildman–Crippen MR) is 129 cm³/mol. The van der Waals surface area contributed by atoms with Gasteiger partial charge in [-0.3, -0.25) is 13.9 Å². The first-order valence-corrected chi connectivity index (χ1v) is 12.3. The second-order valence-corrected chi connectivity index (χ2v) is 9.74. The molecule has 0 saturated carbocycles. The summed E-state index contributed by atoms with van der Waals surface area (Å²) in [6.07, 6.45) is 0. The van der Waals surface area contributed by atoms with Gasteiger partial charge < -0.3 is 5.32 Å². The van der Waals surface area contributed by atoms with Crippen molar-refractivity contribution in [2.45, 2.75) is 36.7 Å². The molecule has 0 radical (unpaired) electrons. The lowest BCUT2D eigenvalue weighted by Crippen LogP contribution is -2.23. The third-order valence-electron chi connectivity index (χ3n) is 5.45. The molecule has 0 aliphatic rings. The van der Waals surface area contributed by atoms with Gasteiger partial charge in [-0.05, 0) is 62.4 Å². The van der Waals surface area contributed by atoms with E-state index in [1.165, 1.54) is 22.8 Å². The van der Waals surface area contributed by atoms with E-state index < -0.39 is 15.7 Å². The van der Waals surface area contributed by atoms with Crippen LogP contribution >= 0.6 is 11.6 Å². The van der Waals surface area contributed by atoms with Gasteiger partial charge >= 0.3 is 5.69 Å². The Kier molecular flexibility index (Phi) is 6.14. The number of halogens is 1. The fraction of sp³-hybridized carbons (Fsp3) is 0.167. The van der Waals surface area contributed by atoms with Crippen LogP contribution in [0.4, 0.5) is 5.69 Å². The molecule has 170 valence electrons. The van der Waals surface area contributed by atoms with Crippen molar-refractivity contribution in [3.63, 3.8) is 0 Å². The molecule has 1 N–H and O–H groups in total. The lowest BCUT2D eigenvalue weighted by molar-refractivity contribution is 0.102. The number of hydrogen-bond donors (Lipinski definition) is 1. The molecule has 1 amide bonds. The van der Waals surface area contributed by atoms with Crippen molar-refractivity contribution in [3.8, 4) is 0 Å². The summed E-state index contributed by atoms with van der Waals surface area (Å²) >= 11 is 5.91. The van der Waals surface area contributed by atoms with Crippen LogP contribution < -0.4 is 11.0 Å². The van der Waals surface area contributed by atoms with Crippen LogP contribution in [0.2, 0.25) is 5.02 Å². The Hall–Kier alpha value is -3.36. The summed E-state index contributed by atoms with van der Waals surface area (Å²) in [5.74, 6) is -0.490. The standard InChI is InChI=1S/C24H22ClN3O4S/c1-3-27-20-14-19(26-23(29)16-10-12-17(25)13-11-16)22(15-21(20)28(4-2)24(27)30)33(31,32)18-8-6-5-7-9-18/h5-15H,3-4H2,1-2H3,(H,26,29). The lowest BCUT2D eigenvalue weighted by atomic mass is 10.2. The van der Waals surface area contributed by atoms with Gasteiger partial charge in [0.25, 0.3) is 5.91 Å². The number of fused-ring (bicyclic) bond motifs is 1. The fourth-order valence-corrected chi connectivity index (χ4v) is 5.36. The number of sulfone groups is 1. The molecule has 1 aromatic heterocycles. The highest BCUT2D eigenvalue weighted by atomic mass is 35.5. The van der Waals surface area contributed by atoms with Crippen LogP contribution in [0.1, 0.15) is 24.2 Å². The maximum absolute atomic E-state index is 13.6. The third kappa shape index (κ3) is 4.07. The number of carbonyl (C=O) groups is 1. The van der Waals surface area contributed by atoms with Crippen molar-refractivity contribution in [3.05, 3.63) is 87.8 Å². The van der Waals surface area contributed by atoms with Crippen molar-refractivity contribution >= 4 is 44.1 Å². The molecule has 1 heterocycles. The summed E-state index contributed by atoms with van der Waals surface area (Å²) in [6, 6.07) is 17.3. The molecule has 0 bridgehead atoms. The molecule has 0 atom stereocenters. The van der Waals surface area contributed by atoms with E-state index in [1.807, 2.05) is 13.8 Å². The van der Waals surface area contributed by atoms with Crippen LogP contribution in [0.5, 0.6) is 0 Å². The number of nitrogens with one attached hydrogen (secondary N) is 1. The van der Waals surface area contributed by atoms with Crippen molar-refractivity contribution in [1.29, 1.82) is 0 Å². The van der Waals surface area contributed by atoms with E-state index in [0.717, 1.165) is 0 Å². The molecule has 0 aliphatic carbocycles. The van der Waals surface area contributed by atoms with Crippen molar-refractivity contribution < 1.29 is 13.2 Å². The molecular formula is C24H22ClN3O4S. The van der Waals surface area contributed by atoms with E-state index in [-0.39, 0.29) is 21.2 Å².